The van der Waals surface area contributed by atoms with Gasteiger partial charge in [-0.15, -0.1) is 0 Å². The monoisotopic (exact) mass is 497 g/mol. The molecule has 2 N–H and O–H groups in total. The lowest BCUT2D eigenvalue weighted by Gasteiger charge is -2.38. The Kier molecular flexibility index (Phi) is 14.4. The molecule has 0 bridgehead atoms. The SMILES string of the molecule is CCCN(C)C(=O)CC(OC)[C@H]([C@@H](C)CC)N(C)C(=O)CNC(=O)[C@H](C(C)C)N1CCCNCC1. The van der Waals surface area contributed by atoms with Gasteiger partial charge in [-0.1, -0.05) is 41.0 Å². The highest BCUT2D eigenvalue weighted by Crippen LogP contribution is 2.22. The molecular formula is C26H51N5O4. The predicted octanol–water partition coefficient (Wildman–Crippen LogP) is 1.57. The normalized spacial score (nSPS) is 18.3. The molecule has 0 aromatic carbocycles. The fourth-order valence-corrected chi connectivity index (χ4v) is 4.96. The van der Waals surface area contributed by atoms with Gasteiger partial charge in [-0.05, 0) is 31.2 Å². The summed E-state index contributed by atoms with van der Waals surface area (Å²) >= 11 is 0. The third-order valence-corrected chi connectivity index (χ3v) is 7.19. The van der Waals surface area contributed by atoms with Crippen molar-refractivity contribution in [2.45, 2.75) is 78.5 Å². The Bertz CT molecular complexity index is 652. The zero-order valence-corrected chi connectivity index (χ0v) is 23.4. The van der Waals surface area contributed by atoms with Crippen molar-refractivity contribution in [2.75, 3.05) is 60.5 Å². The van der Waals surface area contributed by atoms with E-state index in [0.29, 0.717) is 6.54 Å². The van der Waals surface area contributed by atoms with Gasteiger partial charge < -0.3 is 25.2 Å². The summed E-state index contributed by atoms with van der Waals surface area (Å²) < 4.78 is 5.75. The number of carbonyl (C=O) groups excluding carboxylic acids is 3. The van der Waals surface area contributed by atoms with E-state index in [4.69, 9.17) is 4.74 Å². The summed E-state index contributed by atoms with van der Waals surface area (Å²) in [6.07, 6.45) is 2.52. The zero-order valence-electron chi connectivity index (χ0n) is 23.4. The molecule has 1 rings (SSSR count). The molecule has 9 heteroatoms. The molecule has 0 saturated carbocycles. The van der Waals surface area contributed by atoms with Crippen LogP contribution < -0.4 is 10.6 Å². The largest absolute Gasteiger partial charge is 0.379 e. The van der Waals surface area contributed by atoms with Crippen molar-refractivity contribution < 1.29 is 19.1 Å². The van der Waals surface area contributed by atoms with Crippen LogP contribution in [0.25, 0.3) is 0 Å². The van der Waals surface area contributed by atoms with Crippen molar-refractivity contribution in [1.82, 2.24) is 25.3 Å². The number of rotatable bonds is 14. The Morgan fingerprint density at radius 2 is 1.74 bits per heavy atom. The van der Waals surface area contributed by atoms with E-state index >= 15 is 0 Å². The molecule has 1 saturated heterocycles. The fourth-order valence-electron chi connectivity index (χ4n) is 4.96. The molecule has 0 radical (unpaired) electrons. The Morgan fingerprint density at radius 3 is 2.31 bits per heavy atom. The third-order valence-electron chi connectivity index (χ3n) is 7.19. The molecule has 1 aliphatic heterocycles. The zero-order chi connectivity index (χ0) is 26.5. The van der Waals surface area contributed by atoms with E-state index in [-0.39, 0.29) is 54.6 Å². The number of hydrogen-bond acceptors (Lipinski definition) is 6. The van der Waals surface area contributed by atoms with E-state index in [1.807, 2.05) is 20.8 Å². The molecule has 0 aromatic heterocycles. The van der Waals surface area contributed by atoms with Gasteiger partial charge in [-0.3, -0.25) is 19.3 Å². The van der Waals surface area contributed by atoms with Crippen molar-refractivity contribution >= 4 is 17.7 Å². The number of amides is 3. The van der Waals surface area contributed by atoms with Gasteiger partial charge in [-0.25, -0.2) is 0 Å². The Labute approximate surface area is 213 Å². The van der Waals surface area contributed by atoms with Crippen LogP contribution in [0.5, 0.6) is 0 Å². The Balaban J connectivity index is 2.88. The van der Waals surface area contributed by atoms with Crippen molar-refractivity contribution in [2.24, 2.45) is 11.8 Å². The first kappa shape index (κ1) is 31.3. The molecule has 1 heterocycles. The Hall–Kier alpha value is -1.71. The van der Waals surface area contributed by atoms with Gasteiger partial charge in [0.15, 0.2) is 0 Å². The number of ether oxygens (including phenoxy) is 1. The van der Waals surface area contributed by atoms with E-state index < -0.39 is 6.10 Å². The smallest absolute Gasteiger partial charge is 0.242 e. The van der Waals surface area contributed by atoms with Crippen molar-refractivity contribution in [3.8, 4) is 0 Å². The van der Waals surface area contributed by atoms with E-state index in [2.05, 4.69) is 29.4 Å². The standard InChI is InChI=1S/C26H51N5O4/c1-9-14-29(6)22(32)17-21(35-8)25(20(5)10-2)30(7)23(33)18-28-26(34)24(19(3)4)31-15-11-12-27-13-16-31/h19-21,24-25,27H,9-18H2,1-8H3,(H,28,34)/t20-,21?,24-,25-/m0/s1. The van der Waals surface area contributed by atoms with Crippen LogP contribution in [0.3, 0.4) is 0 Å². The molecule has 1 aliphatic rings. The lowest BCUT2D eigenvalue weighted by Crippen LogP contribution is -2.55. The van der Waals surface area contributed by atoms with Gasteiger partial charge in [0.1, 0.15) is 0 Å². The summed E-state index contributed by atoms with van der Waals surface area (Å²) in [4.78, 5) is 44.7. The van der Waals surface area contributed by atoms with Crippen LogP contribution >= 0.6 is 0 Å². The molecule has 1 fully saturated rings. The lowest BCUT2D eigenvalue weighted by molar-refractivity contribution is -0.142. The minimum atomic E-state index is -0.422. The van der Waals surface area contributed by atoms with Gasteiger partial charge in [-0.2, -0.15) is 0 Å². The van der Waals surface area contributed by atoms with Gasteiger partial charge in [0.05, 0.1) is 31.2 Å². The first-order valence-corrected chi connectivity index (χ1v) is 13.3. The van der Waals surface area contributed by atoms with Crippen LogP contribution in [0.4, 0.5) is 0 Å². The predicted molar refractivity (Wildman–Crippen MR) is 140 cm³/mol. The number of nitrogens with one attached hydrogen (secondary N) is 2. The van der Waals surface area contributed by atoms with E-state index in [1.165, 1.54) is 0 Å². The highest BCUT2D eigenvalue weighted by atomic mass is 16.5. The molecule has 4 atom stereocenters. The van der Waals surface area contributed by atoms with Crippen LogP contribution in [0.1, 0.15) is 60.3 Å². The molecule has 0 spiro atoms. The molecule has 1 unspecified atom stereocenters. The maximum absolute atomic E-state index is 13.2. The summed E-state index contributed by atoms with van der Waals surface area (Å²) in [5, 5.41) is 6.27. The van der Waals surface area contributed by atoms with Gasteiger partial charge in [0, 0.05) is 47.4 Å². The summed E-state index contributed by atoms with van der Waals surface area (Å²) in [5.41, 5.74) is 0. The van der Waals surface area contributed by atoms with Crippen LogP contribution in [0.15, 0.2) is 0 Å². The number of methoxy groups -OCH3 is 1. The number of carbonyl (C=O) groups is 3. The van der Waals surface area contributed by atoms with Crippen LogP contribution in [0.2, 0.25) is 0 Å². The van der Waals surface area contributed by atoms with Crippen LogP contribution in [0, 0.1) is 11.8 Å². The van der Waals surface area contributed by atoms with E-state index in [9.17, 15) is 14.4 Å². The van der Waals surface area contributed by atoms with Gasteiger partial charge >= 0.3 is 0 Å². The second-order valence-electron chi connectivity index (χ2n) is 10.2. The molecule has 9 nitrogen and oxygen atoms in total. The minimum Gasteiger partial charge on any atom is -0.379 e. The summed E-state index contributed by atoms with van der Waals surface area (Å²) in [7, 11) is 5.14. The van der Waals surface area contributed by atoms with Crippen molar-refractivity contribution in [3.05, 3.63) is 0 Å². The number of nitrogens with zero attached hydrogens (tertiary/aromatic N) is 3. The quantitative estimate of drug-likeness (QED) is 0.378. The third kappa shape index (κ3) is 9.69. The molecule has 0 aromatic rings. The number of hydrogen-bond donors (Lipinski definition) is 2. The second-order valence-corrected chi connectivity index (χ2v) is 10.2. The summed E-state index contributed by atoms with van der Waals surface area (Å²) in [6, 6.07) is -0.539. The lowest BCUT2D eigenvalue weighted by atomic mass is 9.90. The molecular weight excluding hydrogens is 446 g/mol. The van der Waals surface area contributed by atoms with Gasteiger partial charge in [0.2, 0.25) is 17.7 Å². The van der Waals surface area contributed by atoms with E-state index in [0.717, 1.165) is 45.4 Å². The molecule has 35 heavy (non-hydrogen) atoms. The molecule has 0 aliphatic carbocycles. The maximum atomic E-state index is 13.2. The fraction of sp³-hybridized carbons (Fsp3) is 0.885. The number of likely N-dealkylation sites (N-methyl/N-ethyl adjacent to an activating group) is 1. The van der Waals surface area contributed by atoms with Crippen LogP contribution in [-0.4, -0.2) is 111 Å². The average molecular weight is 498 g/mol. The van der Waals surface area contributed by atoms with Crippen molar-refractivity contribution in [3.63, 3.8) is 0 Å². The Morgan fingerprint density at radius 1 is 1.06 bits per heavy atom. The summed E-state index contributed by atoms with van der Waals surface area (Å²) in [6.45, 7) is 14.4. The minimum absolute atomic E-state index is 0.00729. The average Bonchev–Trinajstić information content (AvgIpc) is 3.10. The van der Waals surface area contributed by atoms with E-state index in [1.54, 1.807) is 31.0 Å². The topological polar surface area (TPSA) is 94.2 Å². The summed E-state index contributed by atoms with van der Waals surface area (Å²) in [5.74, 6) is -0.0175. The highest BCUT2D eigenvalue weighted by Gasteiger charge is 2.35. The van der Waals surface area contributed by atoms with Crippen LogP contribution in [-0.2, 0) is 19.1 Å². The maximum Gasteiger partial charge on any atom is 0.242 e. The molecule has 204 valence electrons. The van der Waals surface area contributed by atoms with Crippen molar-refractivity contribution in [1.29, 1.82) is 0 Å². The second kappa shape index (κ2) is 16.1. The van der Waals surface area contributed by atoms with Gasteiger partial charge in [0.25, 0.3) is 0 Å². The highest BCUT2D eigenvalue weighted by molar-refractivity contribution is 5.87. The first-order valence-electron chi connectivity index (χ1n) is 13.3. The first-order chi connectivity index (χ1) is 16.6. The molecule has 3 amide bonds.